The molecule has 0 bridgehead atoms. The zero-order valence-electron chi connectivity index (χ0n) is 29.1. The molecule has 2 spiro atoms. The van der Waals surface area contributed by atoms with E-state index in [2.05, 4.69) is 28.1 Å². The molecule has 0 N–H and O–H groups in total. The van der Waals surface area contributed by atoms with E-state index in [0.29, 0.717) is 28.2 Å². The van der Waals surface area contributed by atoms with Crippen LogP contribution >= 0.6 is 15.9 Å². The van der Waals surface area contributed by atoms with Gasteiger partial charge in [-0.15, -0.1) is 0 Å². The van der Waals surface area contributed by atoms with E-state index in [0.717, 1.165) is 43.7 Å². The number of rotatable bonds is 1. The third-order valence-corrected chi connectivity index (χ3v) is 11.2. The highest BCUT2D eigenvalue weighted by molar-refractivity contribution is 9.08. The van der Waals surface area contributed by atoms with Crippen LogP contribution < -0.4 is 9.47 Å². The van der Waals surface area contributed by atoms with E-state index in [1.807, 2.05) is 43.3 Å². The second kappa shape index (κ2) is 13.7. The van der Waals surface area contributed by atoms with Crippen molar-refractivity contribution >= 4 is 27.7 Å². The van der Waals surface area contributed by atoms with Crippen LogP contribution in [0.25, 0.3) is 11.4 Å². The first kappa shape index (κ1) is 37.9. The van der Waals surface area contributed by atoms with Crippen molar-refractivity contribution in [1.82, 2.24) is 18.9 Å². The molecule has 0 unspecified atom stereocenters. The smallest absolute Gasteiger partial charge is 0.471 e. The highest BCUT2D eigenvalue weighted by Gasteiger charge is 2.51. The predicted octanol–water partition coefficient (Wildman–Crippen LogP) is 7.45. The normalized spacial score (nSPS) is 17.6. The van der Waals surface area contributed by atoms with E-state index in [-0.39, 0.29) is 51.9 Å². The first-order valence-electron chi connectivity index (χ1n) is 17.2. The number of nitrogens with zero attached hydrogens (tertiary/aromatic N) is 6. The summed E-state index contributed by atoms with van der Waals surface area (Å²) in [5, 5.41) is 19.6. The Hall–Kier alpha value is -5.42. The van der Waals surface area contributed by atoms with E-state index >= 15 is 0 Å². The van der Waals surface area contributed by atoms with Gasteiger partial charge in [0, 0.05) is 57.2 Å². The number of likely N-dealkylation sites (tertiary alicyclic amines) is 2. The Bertz CT molecular complexity index is 2270. The molecule has 17 heteroatoms. The molecule has 2 saturated heterocycles. The van der Waals surface area contributed by atoms with Gasteiger partial charge in [0.2, 0.25) is 0 Å². The molecule has 2 amide bonds. The zero-order valence-corrected chi connectivity index (χ0v) is 30.7. The van der Waals surface area contributed by atoms with E-state index in [4.69, 9.17) is 9.47 Å². The van der Waals surface area contributed by atoms with Gasteiger partial charge in [-0.05, 0) is 66.6 Å². The number of aromatic nitrogens is 2. The number of piperidine rings is 2. The predicted molar refractivity (Wildman–Crippen MR) is 187 cm³/mol. The largest absolute Gasteiger partial charge is 0.479 e. The Kier molecular flexibility index (Phi) is 9.44. The number of fused-ring (bicyclic) bond motifs is 8. The van der Waals surface area contributed by atoms with Crippen LogP contribution in [0.2, 0.25) is 0 Å². The molecule has 0 aliphatic carbocycles. The molecule has 2 fully saturated rings. The van der Waals surface area contributed by atoms with E-state index in [1.54, 1.807) is 33.4 Å². The van der Waals surface area contributed by atoms with Crippen LogP contribution in [0.3, 0.4) is 0 Å². The maximum absolute atomic E-state index is 12.8. The number of benzene rings is 2. The summed E-state index contributed by atoms with van der Waals surface area (Å²) in [6.07, 6.45) is -8.91. The third-order valence-electron chi connectivity index (χ3n) is 10.5. The lowest BCUT2D eigenvalue weighted by Crippen LogP contribution is -2.52. The summed E-state index contributed by atoms with van der Waals surface area (Å²) >= 11 is 3.40. The van der Waals surface area contributed by atoms with Crippen molar-refractivity contribution in [3.63, 3.8) is 0 Å². The van der Waals surface area contributed by atoms with Crippen LogP contribution in [0.1, 0.15) is 59.6 Å². The maximum atomic E-state index is 12.8. The Morgan fingerprint density at radius 2 is 1.11 bits per heavy atom. The number of hydrogen-bond acceptors (Lipinski definition) is 6. The first-order valence-corrected chi connectivity index (χ1v) is 18.3. The number of halogens is 7. The lowest BCUT2D eigenvalue weighted by Gasteiger charge is -2.45. The molecule has 8 rings (SSSR count). The molecule has 0 saturated carbocycles. The molecule has 4 aliphatic heterocycles. The minimum atomic E-state index is -4.89. The second-order valence-corrected chi connectivity index (χ2v) is 14.3. The molecular weight excluding hydrogens is 798 g/mol. The molecule has 10 nitrogen and oxygen atoms in total. The van der Waals surface area contributed by atoms with Gasteiger partial charge in [0.05, 0.1) is 22.8 Å². The van der Waals surface area contributed by atoms with Crippen LogP contribution in [-0.2, 0) is 26.1 Å². The van der Waals surface area contributed by atoms with Crippen molar-refractivity contribution < 1.29 is 45.4 Å². The highest BCUT2D eigenvalue weighted by atomic mass is 79.9. The second-order valence-electron chi connectivity index (χ2n) is 13.8. The Morgan fingerprint density at radius 1 is 0.691 bits per heavy atom. The molecule has 0 radical (unpaired) electrons. The van der Waals surface area contributed by atoms with Gasteiger partial charge in [0.1, 0.15) is 35.0 Å². The summed E-state index contributed by atoms with van der Waals surface area (Å²) < 4.78 is 92.7. The number of alkyl halides is 7. The van der Waals surface area contributed by atoms with Crippen molar-refractivity contribution in [1.29, 1.82) is 10.5 Å². The monoisotopic (exact) mass is 828 g/mol. The van der Waals surface area contributed by atoms with Crippen molar-refractivity contribution in [2.75, 3.05) is 26.2 Å². The lowest BCUT2D eigenvalue weighted by atomic mass is 9.86. The molecule has 286 valence electrons. The first-order chi connectivity index (χ1) is 26.0. The van der Waals surface area contributed by atoms with Crippen LogP contribution in [0.4, 0.5) is 26.3 Å². The minimum Gasteiger partial charge on any atom is -0.479 e. The highest BCUT2D eigenvalue weighted by Crippen LogP contribution is 2.48. The molecular formula is C38H31BrF6N6O4. The molecule has 4 aromatic rings. The van der Waals surface area contributed by atoms with Crippen LogP contribution in [0, 0.1) is 29.6 Å². The number of carbonyl (C=O) groups excluding carboxylic acids is 2. The number of hydrogen-bond donors (Lipinski definition) is 0. The summed E-state index contributed by atoms with van der Waals surface area (Å²) in [6.45, 7) is 1.65. The van der Waals surface area contributed by atoms with Crippen molar-refractivity contribution in [3.05, 3.63) is 94.6 Å². The number of ether oxygens (including phenoxy) is 2. The molecule has 2 aromatic carbocycles. The fourth-order valence-electron chi connectivity index (χ4n) is 7.82. The topological polar surface area (TPSA) is 117 Å². The van der Waals surface area contributed by atoms with Crippen molar-refractivity contribution in [2.45, 2.75) is 61.5 Å². The summed E-state index contributed by atoms with van der Waals surface area (Å²) in [7, 11) is 0. The minimum absolute atomic E-state index is 0.0629. The van der Waals surface area contributed by atoms with Gasteiger partial charge < -0.3 is 19.3 Å². The van der Waals surface area contributed by atoms with E-state index in [9.17, 15) is 46.5 Å². The van der Waals surface area contributed by atoms with Crippen LogP contribution in [0.5, 0.6) is 11.5 Å². The molecule has 0 atom stereocenters. The maximum Gasteiger partial charge on any atom is 0.471 e. The standard InChI is InChI=1S/C19H15BrF3N3O2.C19H16F3N3O2/c20-10-12-1-3-14-15(9-12)28-18(16-4-2-13(11-24)26(14)16)5-7-25(8-6-18)17(27)19(21,22)23;1-12-2-4-14-15(10-12)27-18(16-5-3-13(11-23)25(14)16)6-8-24(9-7-18)17(26)19(20,21)22/h1-4,9H,5-8,10H2;2-5,10H,6-9H2,1H3. The van der Waals surface area contributed by atoms with Crippen LogP contribution in [0.15, 0.2) is 60.7 Å². The fourth-order valence-corrected chi connectivity index (χ4v) is 8.17. The molecule has 2 aromatic heterocycles. The van der Waals surface area contributed by atoms with Gasteiger partial charge >= 0.3 is 24.2 Å². The number of aryl methyl sites for hydroxylation is 1. The van der Waals surface area contributed by atoms with E-state index < -0.39 is 35.4 Å². The van der Waals surface area contributed by atoms with Gasteiger partial charge in [-0.1, -0.05) is 28.1 Å². The SMILES string of the molecule is Cc1ccc2c(c1)OC1(CCN(C(=O)C(F)(F)F)CC1)c1ccc(C#N)n1-2.N#Cc1ccc2n1-c1ccc(CBr)cc1OC21CCN(C(=O)C(F)(F)F)CC1. The van der Waals surface area contributed by atoms with Gasteiger partial charge in [-0.3, -0.25) is 18.7 Å². The number of amides is 2. The number of nitriles is 2. The van der Waals surface area contributed by atoms with Crippen molar-refractivity contribution in [2.24, 2.45) is 0 Å². The van der Waals surface area contributed by atoms with Gasteiger partial charge in [-0.2, -0.15) is 36.9 Å². The summed E-state index contributed by atoms with van der Waals surface area (Å²) in [6, 6.07) is 22.5. The average Bonchev–Trinajstić information content (AvgIpc) is 3.81. The van der Waals surface area contributed by atoms with Crippen LogP contribution in [-0.4, -0.2) is 69.3 Å². The van der Waals surface area contributed by atoms with Gasteiger partial charge in [-0.25, -0.2) is 0 Å². The Morgan fingerprint density at radius 3 is 1.51 bits per heavy atom. The van der Waals surface area contributed by atoms with E-state index in [1.165, 1.54) is 0 Å². The lowest BCUT2D eigenvalue weighted by molar-refractivity contribution is -0.188. The van der Waals surface area contributed by atoms with Crippen molar-refractivity contribution in [3.8, 4) is 35.0 Å². The average molecular weight is 830 g/mol. The van der Waals surface area contributed by atoms with Gasteiger partial charge in [0.15, 0.2) is 11.2 Å². The summed E-state index contributed by atoms with van der Waals surface area (Å²) in [5.41, 5.74) is 3.99. The summed E-state index contributed by atoms with van der Waals surface area (Å²) in [5.74, 6) is -2.48. The fraction of sp³-hybridized carbons (Fsp3) is 0.368. The Labute approximate surface area is 319 Å². The quantitative estimate of drug-likeness (QED) is 0.146. The van der Waals surface area contributed by atoms with Gasteiger partial charge in [0.25, 0.3) is 0 Å². The number of carbonyl (C=O) groups is 2. The summed E-state index contributed by atoms with van der Waals surface area (Å²) in [4.78, 5) is 24.8. The third kappa shape index (κ3) is 6.58. The zero-order chi connectivity index (χ0) is 39.5. The molecule has 4 aliphatic rings. The Balaban J connectivity index is 0.000000169. The molecule has 55 heavy (non-hydrogen) atoms. The molecule has 6 heterocycles.